The Hall–Kier alpha value is -1.88. The number of rotatable bonds is 2. The number of aryl methyl sites for hydroxylation is 1. The van der Waals surface area contributed by atoms with Crippen LogP contribution in [0.4, 0.5) is 17.6 Å². The van der Waals surface area contributed by atoms with Crippen molar-refractivity contribution >= 4 is 0 Å². The van der Waals surface area contributed by atoms with Crippen LogP contribution in [0.3, 0.4) is 0 Å². The highest BCUT2D eigenvalue weighted by Gasteiger charge is 2.30. The van der Waals surface area contributed by atoms with Crippen molar-refractivity contribution in [1.82, 2.24) is 0 Å². The molecule has 1 nitrogen and oxygen atoms in total. The van der Waals surface area contributed by atoms with E-state index >= 15 is 0 Å². The summed E-state index contributed by atoms with van der Waals surface area (Å²) in [5, 5.41) is 10.1. The summed E-state index contributed by atoms with van der Waals surface area (Å²) in [5.74, 6) is -0.556. The monoisotopic (exact) mass is 284 g/mol. The molecule has 0 aliphatic carbocycles. The van der Waals surface area contributed by atoms with E-state index in [1.54, 1.807) is 19.1 Å². The summed E-state index contributed by atoms with van der Waals surface area (Å²) in [6, 6.07) is 8.58. The van der Waals surface area contributed by atoms with Crippen LogP contribution in [0.25, 0.3) is 0 Å². The van der Waals surface area contributed by atoms with E-state index in [0.29, 0.717) is 5.56 Å². The lowest BCUT2D eigenvalue weighted by Gasteiger charge is -2.14. The average Bonchev–Trinajstić information content (AvgIpc) is 2.40. The second-order valence-electron chi connectivity index (χ2n) is 4.50. The zero-order valence-electron chi connectivity index (χ0n) is 10.6. The second-order valence-corrected chi connectivity index (χ2v) is 4.50. The molecule has 0 saturated heterocycles. The van der Waals surface area contributed by atoms with Crippen molar-refractivity contribution in [2.45, 2.75) is 19.2 Å². The van der Waals surface area contributed by atoms with Crippen LogP contribution in [0, 0.1) is 12.7 Å². The van der Waals surface area contributed by atoms with Crippen LogP contribution in [0.15, 0.2) is 42.5 Å². The van der Waals surface area contributed by atoms with Crippen LogP contribution in [-0.2, 0) is 6.18 Å². The summed E-state index contributed by atoms with van der Waals surface area (Å²) in [4.78, 5) is 0. The predicted molar refractivity (Wildman–Crippen MR) is 66.6 cm³/mol. The van der Waals surface area contributed by atoms with Gasteiger partial charge in [-0.05, 0) is 30.2 Å². The molecule has 0 saturated carbocycles. The Balaban J connectivity index is 2.34. The maximum Gasteiger partial charge on any atom is 0.416 e. The first-order chi connectivity index (χ1) is 9.30. The minimum atomic E-state index is -4.43. The van der Waals surface area contributed by atoms with Gasteiger partial charge in [0.2, 0.25) is 0 Å². The van der Waals surface area contributed by atoms with E-state index in [0.717, 1.165) is 24.3 Å². The van der Waals surface area contributed by atoms with Gasteiger partial charge in [-0.15, -0.1) is 0 Å². The van der Waals surface area contributed by atoms with Crippen LogP contribution < -0.4 is 0 Å². The van der Waals surface area contributed by atoms with Crippen LogP contribution in [0.5, 0.6) is 0 Å². The van der Waals surface area contributed by atoms with E-state index in [-0.39, 0.29) is 11.1 Å². The van der Waals surface area contributed by atoms with Crippen molar-refractivity contribution in [3.63, 3.8) is 0 Å². The number of benzene rings is 2. The fraction of sp³-hybridized carbons (Fsp3) is 0.200. The molecule has 0 bridgehead atoms. The van der Waals surface area contributed by atoms with Gasteiger partial charge in [0.1, 0.15) is 11.9 Å². The smallest absolute Gasteiger partial charge is 0.384 e. The quantitative estimate of drug-likeness (QED) is 0.818. The van der Waals surface area contributed by atoms with E-state index in [1.807, 2.05) is 0 Å². The van der Waals surface area contributed by atoms with Crippen molar-refractivity contribution in [2.75, 3.05) is 0 Å². The van der Waals surface area contributed by atoms with Gasteiger partial charge in [-0.1, -0.05) is 30.3 Å². The Morgan fingerprint density at radius 3 is 2.15 bits per heavy atom. The van der Waals surface area contributed by atoms with Gasteiger partial charge in [0, 0.05) is 5.56 Å². The SMILES string of the molecule is Cc1cccc(C(O)c2ccc(C(F)(F)F)cc2)c1F. The van der Waals surface area contributed by atoms with Gasteiger partial charge >= 0.3 is 6.18 Å². The normalized spacial score (nSPS) is 13.3. The first-order valence-electron chi connectivity index (χ1n) is 5.91. The fourth-order valence-corrected chi connectivity index (χ4v) is 1.92. The number of aliphatic hydroxyl groups excluding tert-OH is 1. The van der Waals surface area contributed by atoms with Gasteiger partial charge in [-0.3, -0.25) is 0 Å². The molecule has 0 spiro atoms. The third-order valence-electron chi connectivity index (χ3n) is 3.07. The Kier molecular flexibility index (Phi) is 3.81. The van der Waals surface area contributed by atoms with E-state index in [2.05, 4.69) is 0 Å². The summed E-state index contributed by atoms with van der Waals surface area (Å²) in [7, 11) is 0. The molecule has 0 aromatic heterocycles. The van der Waals surface area contributed by atoms with Crippen molar-refractivity contribution in [2.24, 2.45) is 0 Å². The lowest BCUT2D eigenvalue weighted by molar-refractivity contribution is -0.137. The summed E-state index contributed by atoms with van der Waals surface area (Å²) >= 11 is 0. The molecule has 1 atom stereocenters. The molecule has 2 aromatic carbocycles. The van der Waals surface area contributed by atoms with Crippen molar-refractivity contribution < 1.29 is 22.7 Å². The molecular formula is C15H12F4O. The number of aliphatic hydroxyl groups is 1. The molecule has 0 amide bonds. The maximum atomic E-state index is 13.9. The number of halogens is 4. The topological polar surface area (TPSA) is 20.2 Å². The Bertz CT molecular complexity index is 602. The van der Waals surface area contributed by atoms with Gasteiger partial charge in [-0.25, -0.2) is 4.39 Å². The molecule has 20 heavy (non-hydrogen) atoms. The molecule has 1 unspecified atom stereocenters. The van der Waals surface area contributed by atoms with E-state index in [4.69, 9.17) is 0 Å². The Morgan fingerprint density at radius 1 is 1.00 bits per heavy atom. The molecule has 2 aromatic rings. The summed E-state index contributed by atoms with van der Waals surface area (Å²) in [6.07, 6.45) is -5.73. The predicted octanol–water partition coefficient (Wildman–Crippen LogP) is 4.23. The van der Waals surface area contributed by atoms with Gasteiger partial charge in [0.15, 0.2) is 0 Å². The number of hydrogen-bond acceptors (Lipinski definition) is 1. The summed E-state index contributed by atoms with van der Waals surface area (Å²) < 4.78 is 51.2. The molecule has 0 aliphatic rings. The number of hydrogen-bond donors (Lipinski definition) is 1. The molecule has 1 N–H and O–H groups in total. The molecular weight excluding hydrogens is 272 g/mol. The Labute approximate surface area is 113 Å². The van der Waals surface area contributed by atoms with E-state index in [1.165, 1.54) is 6.07 Å². The van der Waals surface area contributed by atoms with Crippen LogP contribution in [-0.4, -0.2) is 5.11 Å². The van der Waals surface area contributed by atoms with Crippen molar-refractivity contribution in [3.8, 4) is 0 Å². The number of alkyl halides is 3. The maximum absolute atomic E-state index is 13.9. The highest BCUT2D eigenvalue weighted by molar-refractivity contribution is 5.35. The fourth-order valence-electron chi connectivity index (χ4n) is 1.92. The van der Waals surface area contributed by atoms with E-state index in [9.17, 15) is 22.7 Å². The largest absolute Gasteiger partial charge is 0.416 e. The summed E-state index contributed by atoms with van der Waals surface area (Å²) in [6.45, 7) is 1.55. The van der Waals surface area contributed by atoms with Crippen LogP contribution in [0.1, 0.15) is 28.4 Å². The third-order valence-corrected chi connectivity index (χ3v) is 3.07. The van der Waals surface area contributed by atoms with Crippen LogP contribution >= 0.6 is 0 Å². The minimum Gasteiger partial charge on any atom is -0.384 e. The molecule has 0 radical (unpaired) electrons. The highest BCUT2D eigenvalue weighted by atomic mass is 19.4. The third kappa shape index (κ3) is 2.82. The molecule has 0 fully saturated rings. The molecule has 0 heterocycles. The zero-order valence-corrected chi connectivity index (χ0v) is 10.6. The molecule has 106 valence electrons. The lowest BCUT2D eigenvalue weighted by atomic mass is 9.98. The molecule has 5 heteroatoms. The van der Waals surface area contributed by atoms with E-state index < -0.39 is 23.7 Å². The minimum absolute atomic E-state index is 0.0461. The second kappa shape index (κ2) is 5.25. The van der Waals surface area contributed by atoms with Gasteiger partial charge in [0.25, 0.3) is 0 Å². The zero-order chi connectivity index (χ0) is 14.9. The molecule has 0 aliphatic heterocycles. The highest BCUT2D eigenvalue weighted by Crippen LogP contribution is 2.31. The average molecular weight is 284 g/mol. The summed E-state index contributed by atoms with van der Waals surface area (Å²) in [5.41, 5.74) is -0.182. The van der Waals surface area contributed by atoms with Crippen molar-refractivity contribution in [1.29, 1.82) is 0 Å². The van der Waals surface area contributed by atoms with Gasteiger partial charge in [-0.2, -0.15) is 13.2 Å². The Morgan fingerprint density at radius 2 is 1.60 bits per heavy atom. The standard InChI is InChI=1S/C15H12F4O/c1-9-3-2-4-12(13(9)16)14(20)10-5-7-11(8-6-10)15(17,18)19/h2-8,14,20H,1H3. The van der Waals surface area contributed by atoms with Gasteiger partial charge < -0.3 is 5.11 Å². The first-order valence-corrected chi connectivity index (χ1v) is 5.91. The van der Waals surface area contributed by atoms with Crippen LogP contribution in [0.2, 0.25) is 0 Å². The lowest BCUT2D eigenvalue weighted by Crippen LogP contribution is -2.07. The first kappa shape index (κ1) is 14.5. The molecule has 2 rings (SSSR count). The van der Waals surface area contributed by atoms with Gasteiger partial charge in [0.05, 0.1) is 5.56 Å². The van der Waals surface area contributed by atoms with Crippen molar-refractivity contribution in [3.05, 3.63) is 70.5 Å².